The van der Waals surface area contributed by atoms with Crippen LogP contribution in [0.2, 0.25) is 0 Å². The van der Waals surface area contributed by atoms with Crippen LogP contribution in [0, 0.1) is 0 Å². The van der Waals surface area contributed by atoms with E-state index in [4.69, 9.17) is 4.42 Å². The molecule has 2 heterocycles. The predicted molar refractivity (Wildman–Crippen MR) is 106 cm³/mol. The van der Waals surface area contributed by atoms with Crippen molar-refractivity contribution >= 4 is 28.4 Å². The summed E-state index contributed by atoms with van der Waals surface area (Å²) >= 11 is 0. The number of pyridine rings is 1. The topological polar surface area (TPSA) is 71.3 Å². The van der Waals surface area contributed by atoms with E-state index < -0.39 is 0 Å². The van der Waals surface area contributed by atoms with Crippen molar-refractivity contribution in [3.05, 3.63) is 72.6 Å². The zero-order valence-corrected chi connectivity index (χ0v) is 15.0. The summed E-state index contributed by atoms with van der Waals surface area (Å²) in [6, 6.07) is 16.7. The van der Waals surface area contributed by atoms with Gasteiger partial charge in [0.25, 0.3) is 5.91 Å². The zero-order chi connectivity index (χ0) is 18.8. The molecule has 0 aliphatic carbocycles. The first-order valence-corrected chi connectivity index (χ1v) is 8.50. The van der Waals surface area contributed by atoms with Gasteiger partial charge < -0.3 is 14.6 Å². The molecule has 0 atom stereocenters. The maximum absolute atomic E-state index is 12.8. The molecule has 0 unspecified atom stereocenters. The van der Waals surface area contributed by atoms with Gasteiger partial charge in [-0.25, -0.2) is 4.98 Å². The van der Waals surface area contributed by atoms with Crippen molar-refractivity contribution in [3.63, 3.8) is 0 Å². The van der Waals surface area contributed by atoms with Crippen LogP contribution >= 0.6 is 0 Å². The molecule has 0 bridgehead atoms. The number of carbonyl (C=O) groups is 1. The lowest BCUT2D eigenvalue weighted by Gasteiger charge is -2.14. The van der Waals surface area contributed by atoms with Gasteiger partial charge in [0.05, 0.1) is 17.4 Å². The van der Waals surface area contributed by atoms with Gasteiger partial charge in [-0.15, -0.1) is 0 Å². The summed E-state index contributed by atoms with van der Waals surface area (Å²) in [5.41, 5.74) is 4.22. The van der Waals surface area contributed by atoms with Gasteiger partial charge in [-0.3, -0.25) is 9.78 Å². The van der Waals surface area contributed by atoms with Crippen LogP contribution in [0.3, 0.4) is 0 Å². The van der Waals surface area contributed by atoms with E-state index in [2.05, 4.69) is 15.3 Å². The number of aromatic nitrogens is 2. The highest BCUT2D eigenvalue weighted by Crippen LogP contribution is 2.30. The van der Waals surface area contributed by atoms with E-state index in [1.54, 1.807) is 24.5 Å². The van der Waals surface area contributed by atoms with Crippen LogP contribution in [0.25, 0.3) is 22.6 Å². The minimum atomic E-state index is -0.191. The molecule has 27 heavy (non-hydrogen) atoms. The SMILES string of the molecule is CN(C)c1cccc(C(=O)Nc2ccccc2-c2nc3ccncc3o2)c1. The monoisotopic (exact) mass is 358 g/mol. The fourth-order valence-electron chi connectivity index (χ4n) is 2.79. The second-order valence-electron chi connectivity index (χ2n) is 6.31. The second kappa shape index (κ2) is 6.92. The smallest absolute Gasteiger partial charge is 0.255 e. The lowest BCUT2D eigenvalue weighted by atomic mass is 10.1. The molecule has 0 fully saturated rings. The Bertz CT molecular complexity index is 1080. The number of anilines is 2. The number of fused-ring (bicyclic) bond motifs is 1. The normalized spacial score (nSPS) is 10.7. The number of rotatable bonds is 4. The van der Waals surface area contributed by atoms with Crippen molar-refractivity contribution in [1.82, 2.24) is 9.97 Å². The Hall–Kier alpha value is -3.67. The van der Waals surface area contributed by atoms with Crippen molar-refractivity contribution in [2.75, 3.05) is 24.3 Å². The Balaban J connectivity index is 1.67. The fraction of sp³-hybridized carbons (Fsp3) is 0.0952. The standard InChI is InChI=1S/C21H18N4O2/c1-25(2)15-7-5-6-14(12-15)20(26)23-17-9-4-3-8-16(17)21-24-18-10-11-22-13-19(18)27-21/h3-13H,1-2H3,(H,23,26). The third-order valence-electron chi connectivity index (χ3n) is 4.22. The summed E-state index contributed by atoms with van der Waals surface area (Å²) in [5.74, 6) is 0.250. The number of nitrogens with zero attached hydrogens (tertiary/aromatic N) is 3. The molecule has 0 radical (unpaired) electrons. The Morgan fingerprint density at radius 1 is 1.07 bits per heavy atom. The number of para-hydroxylation sites is 1. The van der Waals surface area contributed by atoms with Crippen molar-refractivity contribution in [2.45, 2.75) is 0 Å². The molecule has 6 nitrogen and oxygen atoms in total. The van der Waals surface area contributed by atoms with Crippen LogP contribution in [-0.2, 0) is 0 Å². The summed E-state index contributed by atoms with van der Waals surface area (Å²) in [6.07, 6.45) is 3.29. The molecule has 0 saturated carbocycles. The van der Waals surface area contributed by atoms with Crippen LogP contribution < -0.4 is 10.2 Å². The van der Waals surface area contributed by atoms with E-state index in [1.165, 1.54) is 0 Å². The molecule has 4 aromatic rings. The second-order valence-corrected chi connectivity index (χ2v) is 6.31. The number of hydrogen-bond acceptors (Lipinski definition) is 5. The van der Waals surface area contributed by atoms with E-state index in [1.807, 2.05) is 61.5 Å². The highest BCUT2D eigenvalue weighted by molar-refractivity contribution is 6.06. The maximum atomic E-state index is 12.8. The van der Waals surface area contributed by atoms with Crippen LogP contribution in [0.15, 0.2) is 71.4 Å². The first kappa shape index (κ1) is 16.8. The summed E-state index contributed by atoms with van der Waals surface area (Å²) in [7, 11) is 3.88. The quantitative estimate of drug-likeness (QED) is 0.592. The van der Waals surface area contributed by atoms with Crippen molar-refractivity contribution < 1.29 is 9.21 Å². The number of amides is 1. The van der Waals surface area contributed by atoms with Gasteiger partial charge in [-0.05, 0) is 36.4 Å². The molecule has 1 amide bonds. The Morgan fingerprint density at radius 3 is 2.74 bits per heavy atom. The molecule has 2 aromatic carbocycles. The minimum Gasteiger partial charge on any atom is -0.434 e. The van der Waals surface area contributed by atoms with Crippen molar-refractivity contribution in [2.24, 2.45) is 0 Å². The van der Waals surface area contributed by atoms with E-state index >= 15 is 0 Å². The summed E-state index contributed by atoms with van der Waals surface area (Å²) in [6.45, 7) is 0. The van der Waals surface area contributed by atoms with Gasteiger partial charge in [0.1, 0.15) is 5.52 Å². The van der Waals surface area contributed by atoms with Gasteiger partial charge in [-0.1, -0.05) is 18.2 Å². The van der Waals surface area contributed by atoms with Crippen LogP contribution in [-0.4, -0.2) is 30.0 Å². The molecule has 0 aliphatic rings. The van der Waals surface area contributed by atoms with Crippen molar-refractivity contribution in [3.8, 4) is 11.5 Å². The van der Waals surface area contributed by atoms with Crippen LogP contribution in [0.1, 0.15) is 10.4 Å². The third kappa shape index (κ3) is 3.37. The summed E-state index contributed by atoms with van der Waals surface area (Å²) < 4.78 is 5.80. The molecular formula is C21H18N4O2. The Labute approximate surface area is 156 Å². The summed E-state index contributed by atoms with van der Waals surface area (Å²) in [5, 5.41) is 2.96. The van der Waals surface area contributed by atoms with Gasteiger partial charge in [-0.2, -0.15) is 0 Å². The molecule has 4 rings (SSSR count). The average molecular weight is 358 g/mol. The highest BCUT2D eigenvalue weighted by atomic mass is 16.3. The molecule has 6 heteroatoms. The minimum absolute atomic E-state index is 0.191. The van der Waals surface area contributed by atoms with Gasteiger partial charge in [0.15, 0.2) is 5.58 Å². The highest BCUT2D eigenvalue weighted by Gasteiger charge is 2.15. The van der Waals surface area contributed by atoms with Crippen molar-refractivity contribution in [1.29, 1.82) is 0 Å². The Kier molecular flexibility index (Phi) is 4.30. The number of nitrogens with one attached hydrogen (secondary N) is 1. The van der Waals surface area contributed by atoms with Crippen LogP contribution in [0.4, 0.5) is 11.4 Å². The largest absolute Gasteiger partial charge is 0.434 e. The van der Waals surface area contributed by atoms with Crippen LogP contribution in [0.5, 0.6) is 0 Å². The molecule has 1 N–H and O–H groups in total. The Morgan fingerprint density at radius 2 is 1.93 bits per heavy atom. The third-order valence-corrected chi connectivity index (χ3v) is 4.22. The molecule has 0 spiro atoms. The van der Waals surface area contributed by atoms with E-state index in [0.717, 1.165) is 11.2 Å². The van der Waals surface area contributed by atoms with Gasteiger partial charge in [0, 0.05) is 31.5 Å². The molecule has 0 aliphatic heterocycles. The molecule has 0 saturated heterocycles. The lowest BCUT2D eigenvalue weighted by molar-refractivity contribution is 0.102. The predicted octanol–water partition coefficient (Wildman–Crippen LogP) is 4.21. The first-order valence-electron chi connectivity index (χ1n) is 8.50. The average Bonchev–Trinajstić information content (AvgIpc) is 3.12. The molecule has 134 valence electrons. The zero-order valence-electron chi connectivity index (χ0n) is 15.0. The maximum Gasteiger partial charge on any atom is 0.255 e. The number of carbonyl (C=O) groups excluding carboxylic acids is 1. The number of benzene rings is 2. The molecule has 2 aromatic heterocycles. The molecular weight excluding hydrogens is 340 g/mol. The lowest BCUT2D eigenvalue weighted by Crippen LogP contribution is -2.14. The van der Waals surface area contributed by atoms with Gasteiger partial charge >= 0.3 is 0 Å². The van der Waals surface area contributed by atoms with E-state index in [0.29, 0.717) is 28.3 Å². The van der Waals surface area contributed by atoms with Gasteiger partial charge in [0.2, 0.25) is 5.89 Å². The van der Waals surface area contributed by atoms with E-state index in [9.17, 15) is 4.79 Å². The first-order chi connectivity index (χ1) is 13.1. The van der Waals surface area contributed by atoms with E-state index in [-0.39, 0.29) is 5.91 Å². The number of oxazole rings is 1. The fourth-order valence-corrected chi connectivity index (χ4v) is 2.79. The summed E-state index contributed by atoms with van der Waals surface area (Å²) in [4.78, 5) is 23.3. The number of hydrogen-bond donors (Lipinski definition) is 1.